The Morgan fingerprint density at radius 1 is 1.12 bits per heavy atom. The number of nitrogens with one attached hydrogen (secondary N) is 2. The van der Waals surface area contributed by atoms with Crippen LogP contribution in [0.2, 0.25) is 0 Å². The van der Waals surface area contributed by atoms with Gasteiger partial charge in [0.2, 0.25) is 11.2 Å². The molecule has 294 valence electrons. The summed E-state index contributed by atoms with van der Waals surface area (Å²) in [6.45, 7) is 5.28. The normalized spacial score (nSPS) is 18.7. The van der Waals surface area contributed by atoms with Crippen LogP contribution in [-0.2, 0) is 46.2 Å². The van der Waals surface area contributed by atoms with Gasteiger partial charge in [-0.05, 0) is 111 Å². The van der Waals surface area contributed by atoms with Crippen LogP contribution in [0.25, 0.3) is 21.9 Å². The molecule has 0 amide bonds. The minimum absolute atomic E-state index is 0.0455. The molecule has 0 saturated heterocycles. The lowest BCUT2D eigenvalue weighted by atomic mass is 9.91. The number of esters is 1. The number of nitrogens with zero attached hydrogens (tertiary/aromatic N) is 4. The molecule has 2 aromatic carbocycles. The van der Waals surface area contributed by atoms with Crippen molar-refractivity contribution >= 4 is 50.6 Å². The Balaban J connectivity index is 0.843. The molecular formula is C41H46N6O7S2. The second-order valence-electron chi connectivity index (χ2n) is 14.9. The number of carbonyl (C=O) groups excluding carboxylic acids is 1. The number of hydrogen-bond acceptors (Lipinski definition) is 13. The van der Waals surface area contributed by atoms with Crippen LogP contribution in [0.3, 0.4) is 0 Å². The van der Waals surface area contributed by atoms with E-state index in [1.54, 1.807) is 18.2 Å². The first-order valence-corrected chi connectivity index (χ1v) is 20.7. The third kappa shape index (κ3) is 7.52. The van der Waals surface area contributed by atoms with Crippen molar-refractivity contribution in [2.24, 2.45) is 0 Å². The summed E-state index contributed by atoms with van der Waals surface area (Å²) < 4.78 is 13.9. The number of fused-ring (bicyclic) bond motifs is 4. The lowest BCUT2D eigenvalue weighted by molar-refractivity contribution is -0.169. The van der Waals surface area contributed by atoms with Crippen molar-refractivity contribution in [3.05, 3.63) is 107 Å². The Kier molecular flexibility index (Phi) is 11.1. The van der Waals surface area contributed by atoms with E-state index in [1.807, 2.05) is 41.3 Å². The highest BCUT2D eigenvalue weighted by Crippen LogP contribution is 2.39. The Morgan fingerprint density at radius 2 is 1.95 bits per heavy atom. The number of pyridine rings is 1. The van der Waals surface area contributed by atoms with Crippen LogP contribution in [0.15, 0.2) is 64.8 Å². The molecule has 6 aromatic rings. The van der Waals surface area contributed by atoms with Crippen molar-refractivity contribution in [1.82, 2.24) is 30.2 Å². The zero-order valence-electron chi connectivity index (χ0n) is 31.4. The molecule has 1 unspecified atom stereocenters. The van der Waals surface area contributed by atoms with Gasteiger partial charge in [0.15, 0.2) is 0 Å². The molecule has 0 radical (unpaired) electrons. The van der Waals surface area contributed by atoms with Gasteiger partial charge in [-0.3, -0.25) is 4.79 Å². The van der Waals surface area contributed by atoms with Crippen molar-refractivity contribution in [2.75, 3.05) is 20.1 Å². The maximum Gasteiger partial charge on any atom is 0.349 e. The third-order valence-corrected chi connectivity index (χ3v) is 13.3. The third-order valence-electron chi connectivity index (χ3n) is 11.2. The summed E-state index contributed by atoms with van der Waals surface area (Å²) in [5, 5.41) is 47.9. The Morgan fingerprint density at radius 3 is 2.71 bits per heavy atom. The van der Waals surface area contributed by atoms with Crippen LogP contribution in [0.5, 0.6) is 5.75 Å². The van der Waals surface area contributed by atoms with Gasteiger partial charge < -0.3 is 40.0 Å². The number of H-pyrrole nitrogens is 1. The summed E-state index contributed by atoms with van der Waals surface area (Å²) >= 11 is 2.77. The number of benzene rings is 2. The Hall–Kier alpha value is -4.48. The molecule has 15 heteroatoms. The molecule has 1 fully saturated rings. The topological polar surface area (TPSA) is 175 Å². The number of aliphatic hydroxyl groups excluding tert-OH is 1. The fraction of sp³-hybridized carbons (Fsp3) is 0.415. The predicted molar refractivity (Wildman–Crippen MR) is 215 cm³/mol. The van der Waals surface area contributed by atoms with Crippen LogP contribution >= 0.6 is 22.7 Å². The fourth-order valence-electron chi connectivity index (χ4n) is 8.16. The number of aryl methyl sites for hydroxylation is 2. The smallest absolute Gasteiger partial charge is 0.349 e. The molecule has 0 spiro atoms. The zero-order valence-corrected chi connectivity index (χ0v) is 33.0. The number of carbonyl (C=O) groups is 1. The van der Waals surface area contributed by atoms with Gasteiger partial charge >= 0.3 is 5.97 Å². The SMILES string of the molecule is Cc1ccc(C(O)(C(=O)O[C@H]2CC[C@H](N(C)CCCn3nnc4cc(CNC[C@H](O)c5ccc(O)c6[nH]c(=O)ccc56)c5c(c43)COC5)CC2)c2cccs2)s1. The summed E-state index contributed by atoms with van der Waals surface area (Å²) in [7, 11) is 2.15. The zero-order chi connectivity index (χ0) is 39.0. The summed E-state index contributed by atoms with van der Waals surface area (Å²) in [5.41, 5.74) is 3.85. The van der Waals surface area contributed by atoms with Crippen molar-refractivity contribution < 1.29 is 29.6 Å². The molecule has 5 N–H and O–H groups in total. The molecule has 1 saturated carbocycles. The van der Waals surface area contributed by atoms with Crippen molar-refractivity contribution in [3.63, 3.8) is 0 Å². The van der Waals surface area contributed by atoms with Crippen molar-refractivity contribution in [3.8, 4) is 5.75 Å². The second kappa shape index (κ2) is 16.2. The number of aliphatic hydroxyl groups is 2. The highest BCUT2D eigenvalue weighted by molar-refractivity contribution is 7.13. The number of aromatic nitrogens is 4. The van der Waals surface area contributed by atoms with E-state index < -0.39 is 17.7 Å². The van der Waals surface area contributed by atoms with Gasteiger partial charge in [-0.1, -0.05) is 17.3 Å². The molecule has 8 rings (SSSR count). The van der Waals surface area contributed by atoms with E-state index in [9.17, 15) is 24.9 Å². The monoisotopic (exact) mass is 798 g/mol. The van der Waals surface area contributed by atoms with Gasteiger partial charge in [0.05, 0.1) is 40.1 Å². The predicted octanol–water partition coefficient (Wildman–Crippen LogP) is 5.38. The molecule has 4 aromatic heterocycles. The number of hydrogen-bond donors (Lipinski definition) is 5. The largest absolute Gasteiger partial charge is 0.506 e. The maximum atomic E-state index is 13.5. The second-order valence-corrected chi connectivity index (χ2v) is 17.1. The van der Waals surface area contributed by atoms with Crippen molar-refractivity contribution in [2.45, 2.75) is 89.2 Å². The van der Waals surface area contributed by atoms with E-state index in [0.29, 0.717) is 58.6 Å². The number of ether oxygens (including phenoxy) is 2. The standard InChI is InChI=1S/C41H46N6O7S2/c1-24-6-14-36(56-24)41(52,35-5-3-18-55-35)40(51)54-27-9-7-26(8-10-27)46(2)16-4-17-47-39-31-23-53-22-30(31)25(19-32(39)44-45-47)20-42-21-34(49)28-11-13-33(48)38-29(28)12-15-37(50)43-38/h3,5-6,11-15,18-19,26-27,34,42,48-49,52H,4,7-10,16-17,20-23H2,1-2H3,(H,43,50)/t26-,27-,34-,41?/m0/s1. The Labute approximate surface area is 331 Å². The van der Waals surface area contributed by atoms with E-state index in [0.717, 1.165) is 71.2 Å². The minimum Gasteiger partial charge on any atom is -0.506 e. The molecule has 0 bridgehead atoms. The van der Waals surface area contributed by atoms with E-state index >= 15 is 0 Å². The molecule has 1 aliphatic heterocycles. The first-order chi connectivity index (χ1) is 27.1. The molecule has 1 aliphatic carbocycles. The average Bonchev–Trinajstić information content (AvgIpc) is 4.03. The average molecular weight is 799 g/mol. The lowest BCUT2D eigenvalue weighted by Crippen LogP contribution is -2.42. The van der Waals surface area contributed by atoms with Gasteiger partial charge in [0, 0.05) is 47.6 Å². The quantitative estimate of drug-likeness (QED) is 0.0896. The number of aromatic amines is 1. The van der Waals surface area contributed by atoms with Crippen molar-refractivity contribution in [1.29, 1.82) is 0 Å². The van der Waals surface area contributed by atoms with E-state index in [4.69, 9.17) is 9.47 Å². The van der Waals surface area contributed by atoms with Crippen LogP contribution < -0.4 is 10.9 Å². The molecular weight excluding hydrogens is 753 g/mol. The van der Waals surface area contributed by atoms with E-state index in [2.05, 4.69) is 32.6 Å². The molecule has 5 heterocycles. The molecule has 2 aliphatic rings. The van der Waals surface area contributed by atoms with Crippen LogP contribution in [0, 0.1) is 6.92 Å². The maximum absolute atomic E-state index is 13.5. The highest BCUT2D eigenvalue weighted by Gasteiger charge is 2.45. The van der Waals surface area contributed by atoms with Gasteiger partial charge in [-0.25, -0.2) is 9.48 Å². The molecule has 56 heavy (non-hydrogen) atoms. The highest BCUT2D eigenvalue weighted by atomic mass is 32.1. The first-order valence-electron chi connectivity index (χ1n) is 19.0. The summed E-state index contributed by atoms with van der Waals surface area (Å²) in [6, 6.07) is 15.9. The number of thiophene rings is 2. The molecule has 13 nitrogen and oxygen atoms in total. The van der Waals surface area contributed by atoms with Crippen LogP contribution in [-0.4, -0.2) is 78.4 Å². The molecule has 2 atom stereocenters. The number of aromatic hydroxyl groups is 1. The number of phenolic OH excluding ortho intramolecular Hbond substituents is 1. The Bertz CT molecular complexity index is 2400. The lowest BCUT2D eigenvalue weighted by Gasteiger charge is -2.35. The number of phenols is 1. The van der Waals surface area contributed by atoms with E-state index in [1.165, 1.54) is 34.8 Å². The number of rotatable bonds is 14. The fourth-order valence-corrected chi connectivity index (χ4v) is 10.0. The minimum atomic E-state index is -1.79. The summed E-state index contributed by atoms with van der Waals surface area (Å²) in [5.74, 6) is -0.645. The van der Waals surface area contributed by atoms with Gasteiger partial charge in [-0.2, -0.15) is 0 Å². The van der Waals surface area contributed by atoms with Gasteiger partial charge in [-0.15, -0.1) is 27.8 Å². The summed E-state index contributed by atoms with van der Waals surface area (Å²) in [4.78, 5) is 32.6. The van der Waals surface area contributed by atoms with Crippen LogP contribution in [0.1, 0.15) is 75.1 Å². The van der Waals surface area contributed by atoms with Crippen LogP contribution in [0.4, 0.5) is 0 Å². The summed E-state index contributed by atoms with van der Waals surface area (Å²) in [6.07, 6.45) is 3.08. The van der Waals surface area contributed by atoms with Gasteiger partial charge in [0.1, 0.15) is 17.4 Å². The van der Waals surface area contributed by atoms with E-state index in [-0.39, 0.29) is 24.0 Å². The first kappa shape index (κ1) is 38.4. The van der Waals surface area contributed by atoms with Gasteiger partial charge in [0.25, 0.3) is 0 Å².